The van der Waals surface area contributed by atoms with Crippen LogP contribution in [0.2, 0.25) is 0 Å². The molecule has 0 saturated heterocycles. The minimum Gasteiger partial charge on any atom is -0.462 e. The van der Waals surface area contributed by atoms with E-state index in [1.807, 2.05) is 6.07 Å². The van der Waals surface area contributed by atoms with Gasteiger partial charge in [0.2, 0.25) is 0 Å². The first-order valence-corrected chi connectivity index (χ1v) is 8.06. The number of alkyl halides is 3. The number of nitriles is 1. The first kappa shape index (κ1) is 18.5. The molecule has 27 heavy (non-hydrogen) atoms. The first-order valence-electron chi connectivity index (χ1n) is 8.06. The van der Waals surface area contributed by atoms with Gasteiger partial charge in [0, 0.05) is 24.2 Å². The van der Waals surface area contributed by atoms with E-state index in [-0.39, 0.29) is 18.6 Å². The molecule has 0 aliphatic rings. The summed E-state index contributed by atoms with van der Waals surface area (Å²) in [7, 11) is 0. The Morgan fingerprint density at radius 2 is 2.04 bits per heavy atom. The number of ether oxygens (including phenoxy) is 1. The van der Waals surface area contributed by atoms with Gasteiger partial charge in [0.15, 0.2) is 0 Å². The number of carbonyl (C=O) groups is 1. The fourth-order valence-corrected chi connectivity index (χ4v) is 2.82. The van der Waals surface area contributed by atoms with E-state index < -0.39 is 17.8 Å². The molecule has 0 spiro atoms. The summed E-state index contributed by atoms with van der Waals surface area (Å²) in [5.41, 5.74) is 1.28. The molecule has 8 heteroatoms. The average molecular weight is 373 g/mol. The second kappa shape index (κ2) is 7.11. The Morgan fingerprint density at radius 3 is 2.70 bits per heavy atom. The van der Waals surface area contributed by atoms with Crippen LogP contribution in [0.1, 0.15) is 28.5 Å². The van der Waals surface area contributed by atoms with E-state index in [0.29, 0.717) is 22.2 Å². The lowest BCUT2D eigenvalue weighted by atomic mass is 10.1. The van der Waals surface area contributed by atoms with Crippen LogP contribution >= 0.6 is 0 Å². The van der Waals surface area contributed by atoms with Crippen LogP contribution in [0.3, 0.4) is 0 Å². The molecule has 0 amide bonds. The van der Waals surface area contributed by atoms with Gasteiger partial charge in [-0.1, -0.05) is 6.07 Å². The lowest BCUT2D eigenvalue weighted by molar-refractivity contribution is -0.141. The van der Waals surface area contributed by atoms with Crippen LogP contribution in [-0.4, -0.2) is 22.0 Å². The van der Waals surface area contributed by atoms with Crippen molar-refractivity contribution in [2.45, 2.75) is 19.5 Å². The topological polar surface area (TPSA) is 67.4 Å². The van der Waals surface area contributed by atoms with Gasteiger partial charge >= 0.3 is 12.1 Å². The number of rotatable bonds is 4. The normalized spacial score (nSPS) is 11.4. The first-order chi connectivity index (χ1) is 12.8. The van der Waals surface area contributed by atoms with E-state index in [0.717, 1.165) is 12.3 Å². The fraction of sp³-hybridized carbons (Fsp3) is 0.211. The van der Waals surface area contributed by atoms with Gasteiger partial charge in [-0.2, -0.15) is 18.4 Å². The average Bonchev–Trinajstić information content (AvgIpc) is 3.00. The lowest BCUT2D eigenvalue weighted by Crippen LogP contribution is -2.07. The van der Waals surface area contributed by atoms with E-state index in [1.165, 1.54) is 12.3 Å². The van der Waals surface area contributed by atoms with Crippen LogP contribution in [0.15, 0.2) is 42.9 Å². The zero-order valence-electron chi connectivity index (χ0n) is 14.2. The molecule has 0 N–H and O–H groups in total. The number of esters is 1. The molecule has 3 aromatic heterocycles. The Balaban J connectivity index is 2.11. The van der Waals surface area contributed by atoms with Crippen LogP contribution < -0.4 is 0 Å². The van der Waals surface area contributed by atoms with Crippen molar-refractivity contribution < 1.29 is 22.7 Å². The summed E-state index contributed by atoms with van der Waals surface area (Å²) >= 11 is 0. The van der Waals surface area contributed by atoms with Crippen LogP contribution in [0.4, 0.5) is 13.2 Å². The third-order valence-electron chi connectivity index (χ3n) is 4.01. The van der Waals surface area contributed by atoms with E-state index in [9.17, 15) is 18.0 Å². The standard InChI is InChI=1S/C19H14F3N3O2/c1-2-27-18(26)15-11-25-10-13(3-4-16(25)14(15)5-7-23)12-6-8-24-17(9-12)19(20,21)22/h3-4,6,8-11H,2,5H2,1H3. The number of pyridine rings is 2. The Morgan fingerprint density at radius 1 is 1.26 bits per heavy atom. The summed E-state index contributed by atoms with van der Waals surface area (Å²) in [5.74, 6) is -0.545. The molecule has 5 nitrogen and oxygen atoms in total. The quantitative estimate of drug-likeness (QED) is 0.641. The molecule has 0 saturated carbocycles. The minimum atomic E-state index is -4.54. The summed E-state index contributed by atoms with van der Waals surface area (Å²) < 4.78 is 45.3. The van der Waals surface area contributed by atoms with Gasteiger partial charge in [0.25, 0.3) is 0 Å². The van der Waals surface area contributed by atoms with Crippen molar-refractivity contribution in [3.8, 4) is 17.2 Å². The molecule has 138 valence electrons. The number of hydrogen-bond donors (Lipinski definition) is 0. The van der Waals surface area contributed by atoms with Crippen LogP contribution in [0.5, 0.6) is 0 Å². The molecular formula is C19H14F3N3O2. The molecule has 0 bridgehead atoms. The van der Waals surface area contributed by atoms with Crippen molar-refractivity contribution in [1.82, 2.24) is 9.38 Å². The molecule has 0 atom stereocenters. The van der Waals surface area contributed by atoms with Crippen molar-refractivity contribution in [2.24, 2.45) is 0 Å². The van der Waals surface area contributed by atoms with Gasteiger partial charge in [0.1, 0.15) is 5.69 Å². The molecular weight excluding hydrogens is 359 g/mol. The van der Waals surface area contributed by atoms with Crippen molar-refractivity contribution in [3.63, 3.8) is 0 Å². The molecule has 0 unspecified atom stereocenters. The van der Waals surface area contributed by atoms with Gasteiger partial charge in [-0.25, -0.2) is 4.79 Å². The van der Waals surface area contributed by atoms with Gasteiger partial charge in [-0.05, 0) is 36.2 Å². The van der Waals surface area contributed by atoms with E-state index >= 15 is 0 Å². The Bertz CT molecular complexity index is 1050. The number of carbonyl (C=O) groups excluding carboxylic acids is 1. The Kier molecular flexibility index (Phi) is 4.86. The maximum absolute atomic E-state index is 12.9. The van der Waals surface area contributed by atoms with Crippen molar-refractivity contribution in [2.75, 3.05) is 6.61 Å². The molecule has 0 radical (unpaired) electrons. The number of halogens is 3. The molecule has 3 aromatic rings. The highest BCUT2D eigenvalue weighted by Crippen LogP contribution is 2.31. The monoisotopic (exact) mass is 373 g/mol. The van der Waals surface area contributed by atoms with Gasteiger partial charge in [-0.15, -0.1) is 0 Å². The number of aromatic nitrogens is 2. The molecule has 0 aliphatic heterocycles. The summed E-state index contributed by atoms with van der Waals surface area (Å²) in [6.45, 7) is 1.87. The van der Waals surface area contributed by atoms with E-state index in [4.69, 9.17) is 10.00 Å². The van der Waals surface area contributed by atoms with Crippen molar-refractivity contribution in [3.05, 3.63) is 59.7 Å². The highest BCUT2D eigenvalue weighted by Gasteiger charge is 2.32. The zero-order chi connectivity index (χ0) is 19.6. The maximum atomic E-state index is 12.9. The van der Waals surface area contributed by atoms with Gasteiger partial charge in [0.05, 0.1) is 30.2 Å². The molecule has 0 aliphatic carbocycles. The van der Waals surface area contributed by atoms with Crippen LogP contribution in [0, 0.1) is 11.3 Å². The van der Waals surface area contributed by atoms with E-state index in [2.05, 4.69) is 4.98 Å². The number of hydrogen-bond acceptors (Lipinski definition) is 4. The third kappa shape index (κ3) is 3.62. The predicted molar refractivity (Wildman–Crippen MR) is 90.9 cm³/mol. The maximum Gasteiger partial charge on any atom is 0.433 e. The second-order valence-corrected chi connectivity index (χ2v) is 5.71. The SMILES string of the molecule is CCOC(=O)c1cn2cc(-c3ccnc(C(F)(F)F)c3)ccc2c1CC#N. The smallest absolute Gasteiger partial charge is 0.433 e. The van der Waals surface area contributed by atoms with Crippen LogP contribution in [0.25, 0.3) is 16.6 Å². The zero-order valence-corrected chi connectivity index (χ0v) is 14.2. The van der Waals surface area contributed by atoms with Gasteiger partial charge in [-0.3, -0.25) is 4.98 Å². The highest BCUT2D eigenvalue weighted by atomic mass is 19.4. The summed E-state index contributed by atoms with van der Waals surface area (Å²) in [6, 6.07) is 7.76. The molecule has 3 rings (SSSR count). The van der Waals surface area contributed by atoms with Crippen molar-refractivity contribution in [1.29, 1.82) is 5.26 Å². The summed E-state index contributed by atoms with van der Waals surface area (Å²) in [4.78, 5) is 15.5. The lowest BCUT2D eigenvalue weighted by Gasteiger charge is -2.08. The summed E-state index contributed by atoms with van der Waals surface area (Å²) in [5, 5.41) is 9.05. The third-order valence-corrected chi connectivity index (χ3v) is 4.01. The summed E-state index contributed by atoms with van der Waals surface area (Å²) in [6.07, 6.45) is -0.297. The molecule has 0 aromatic carbocycles. The fourth-order valence-electron chi connectivity index (χ4n) is 2.82. The van der Waals surface area contributed by atoms with Gasteiger partial charge < -0.3 is 9.14 Å². The largest absolute Gasteiger partial charge is 0.462 e. The Hall–Kier alpha value is -3.34. The number of fused-ring (bicyclic) bond motifs is 1. The Labute approximate surface area is 152 Å². The van der Waals surface area contributed by atoms with E-state index in [1.54, 1.807) is 29.7 Å². The van der Waals surface area contributed by atoms with Crippen LogP contribution in [-0.2, 0) is 17.3 Å². The molecule has 3 heterocycles. The van der Waals surface area contributed by atoms with Crippen molar-refractivity contribution >= 4 is 11.5 Å². The second-order valence-electron chi connectivity index (χ2n) is 5.71. The predicted octanol–water partition coefficient (Wildman–Crippen LogP) is 4.26. The molecule has 0 fully saturated rings. The minimum absolute atomic E-state index is 0.0114. The number of nitrogens with zero attached hydrogens (tertiary/aromatic N) is 3. The highest BCUT2D eigenvalue weighted by molar-refractivity contribution is 5.94.